The molecule has 0 aromatic carbocycles. The highest BCUT2D eigenvalue weighted by Gasteiger charge is 2.33. The van der Waals surface area contributed by atoms with Crippen molar-refractivity contribution in [2.45, 2.75) is 38.3 Å². The van der Waals surface area contributed by atoms with Gasteiger partial charge in [-0.1, -0.05) is 0 Å². The topological polar surface area (TPSA) is 87.9 Å². The molecule has 2 unspecified atom stereocenters. The maximum Gasteiger partial charge on any atom is 0.240 e. The van der Waals surface area contributed by atoms with E-state index in [-0.39, 0.29) is 18.0 Å². The van der Waals surface area contributed by atoms with Gasteiger partial charge in [0.05, 0.1) is 11.9 Å². The van der Waals surface area contributed by atoms with Gasteiger partial charge < -0.3 is 15.6 Å². The molecule has 0 radical (unpaired) electrons. The number of hydrogen-bond donors (Lipinski definition) is 2. The molecule has 0 saturated carbocycles. The van der Waals surface area contributed by atoms with Crippen LogP contribution in [0.25, 0.3) is 21.8 Å². The summed E-state index contributed by atoms with van der Waals surface area (Å²) in [7, 11) is 0. The number of nitrogens with one attached hydrogen (secondary N) is 1. The highest BCUT2D eigenvalue weighted by Crippen LogP contribution is 2.36. The van der Waals surface area contributed by atoms with Crippen LogP contribution in [0.4, 0.5) is 5.69 Å². The maximum absolute atomic E-state index is 12.0. The molecule has 0 bridgehead atoms. The van der Waals surface area contributed by atoms with Gasteiger partial charge in [0.15, 0.2) is 0 Å². The van der Waals surface area contributed by atoms with Gasteiger partial charge in [-0.05, 0) is 32.3 Å². The molecule has 6 nitrogen and oxygen atoms in total. The summed E-state index contributed by atoms with van der Waals surface area (Å²) in [5.41, 5.74) is 7.48. The number of fused-ring (bicyclic) bond motifs is 3. The lowest BCUT2D eigenvalue weighted by Crippen LogP contribution is -2.52. The number of rotatable bonds is 2. The van der Waals surface area contributed by atoms with Crippen molar-refractivity contribution in [3.05, 3.63) is 30.9 Å². The van der Waals surface area contributed by atoms with Crippen LogP contribution >= 0.6 is 0 Å². The number of pyridine rings is 2. The normalized spacial score (nSPS) is 21.9. The Kier molecular flexibility index (Phi) is 3.18. The van der Waals surface area contributed by atoms with E-state index in [2.05, 4.69) is 26.8 Å². The van der Waals surface area contributed by atoms with Gasteiger partial charge in [0.1, 0.15) is 11.7 Å². The number of aromatic amines is 1. The first-order chi connectivity index (χ1) is 11.2. The summed E-state index contributed by atoms with van der Waals surface area (Å²) in [5, 5.41) is 3.09. The zero-order valence-corrected chi connectivity index (χ0v) is 13.0. The summed E-state index contributed by atoms with van der Waals surface area (Å²) in [6.07, 6.45) is 10.2. The predicted molar refractivity (Wildman–Crippen MR) is 90.2 cm³/mol. The van der Waals surface area contributed by atoms with Crippen molar-refractivity contribution in [1.82, 2.24) is 15.0 Å². The molecular formula is C17H19N5O. The molecule has 4 heterocycles. The fourth-order valence-electron chi connectivity index (χ4n) is 3.73. The van der Waals surface area contributed by atoms with Crippen LogP contribution in [0, 0.1) is 0 Å². The first kappa shape index (κ1) is 14.0. The number of amides is 1. The van der Waals surface area contributed by atoms with E-state index in [1.165, 1.54) is 0 Å². The number of piperidine rings is 1. The van der Waals surface area contributed by atoms with E-state index in [9.17, 15) is 4.79 Å². The summed E-state index contributed by atoms with van der Waals surface area (Å²) < 4.78 is 0. The largest absolute Gasteiger partial charge is 0.368 e. The third kappa shape index (κ3) is 2.13. The fourth-order valence-corrected chi connectivity index (χ4v) is 3.73. The van der Waals surface area contributed by atoms with E-state index >= 15 is 0 Å². The van der Waals surface area contributed by atoms with Crippen molar-refractivity contribution in [2.75, 3.05) is 4.90 Å². The molecule has 118 valence electrons. The highest BCUT2D eigenvalue weighted by atomic mass is 16.1. The summed E-state index contributed by atoms with van der Waals surface area (Å²) >= 11 is 0. The summed E-state index contributed by atoms with van der Waals surface area (Å²) in [6.45, 7) is 2.14. The maximum atomic E-state index is 12.0. The van der Waals surface area contributed by atoms with Crippen molar-refractivity contribution in [1.29, 1.82) is 0 Å². The molecule has 2 atom stereocenters. The Morgan fingerprint density at radius 1 is 1.35 bits per heavy atom. The average Bonchev–Trinajstić information content (AvgIpc) is 3.02. The standard InChI is InChI=1S/C17H19N5O/c1-10-3-2-4-13(16(18)23)22(10)14-9-19-7-11-8-21-17-12(15(11)14)5-6-20-17/h5-10,13H,2-4H2,1H3,(H2,18,23)(H,20,21). The van der Waals surface area contributed by atoms with Crippen LogP contribution in [0.2, 0.25) is 0 Å². The fraction of sp³-hybridized carbons (Fsp3) is 0.353. The van der Waals surface area contributed by atoms with Gasteiger partial charge >= 0.3 is 0 Å². The number of primary amides is 1. The molecule has 3 aromatic heterocycles. The minimum atomic E-state index is -0.284. The van der Waals surface area contributed by atoms with E-state index in [0.29, 0.717) is 0 Å². The van der Waals surface area contributed by atoms with Gasteiger partial charge in [-0.3, -0.25) is 9.78 Å². The lowest BCUT2D eigenvalue weighted by Gasteiger charge is -2.41. The Bertz CT molecular complexity index is 887. The van der Waals surface area contributed by atoms with E-state index in [4.69, 9.17) is 5.73 Å². The van der Waals surface area contributed by atoms with Crippen LogP contribution in [-0.4, -0.2) is 32.9 Å². The van der Waals surface area contributed by atoms with Gasteiger partial charge in [0, 0.05) is 40.8 Å². The first-order valence-corrected chi connectivity index (χ1v) is 7.94. The number of H-pyrrole nitrogens is 1. The van der Waals surface area contributed by atoms with Gasteiger partial charge in [0.2, 0.25) is 5.91 Å². The van der Waals surface area contributed by atoms with Crippen molar-refractivity contribution in [2.24, 2.45) is 5.73 Å². The molecule has 0 spiro atoms. The third-order valence-electron chi connectivity index (χ3n) is 4.80. The van der Waals surface area contributed by atoms with E-state index in [0.717, 1.165) is 46.8 Å². The average molecular weight is 309 g/mol. The molecule has 6 heteroatoms. The van der Waals surface area contributed by atoms with E-state index in [1.807, 2.05) is 30.9 Å². The number of hydrogen-bond acceptors (Lipinski definition) is 4. The Morgan fingerprint density at radius 3 is 3.04 bits per heavy atom. The Labute approximate surface area is 133 Å². The SMILES string of the molecule is CC1CCCC(C(N)=O)N1c1cncc2cnc3[nH]ccc3c12. The smallest absolute Gasteiger partial charge is 0.240 e. The second-order valence-corrected chi connectivity index (χ2v) is 6.23. The molecule has 1 aliphatic heterocycles. The number of aromatic nitrogens is 3. The lowest BCUT2D eigenvalue weighted by atomic mass is 9.94. The highest BCUT2D eigenvalue weighted by molar-refractivity contribution is 6.11. The van der Waals surface area contributed by atoms with Crippen molar-refractivity contribution in [3.63, 3.8) is 0 Å². The number of anilines is 1. The molecule has 1 amide bonds. The molecule has 1 aliphatic rings. The second-order valence-electron chi connectivity index (χ2n) is 6.23. The minimum Gasteiger partial charge on any atom is -0.368 e. The van der Waals surface area contributed by atoms with Crippen molar-refractivity contribution >= 4 is 33.4 Å². The molecule has 3 N–H and O–H groups in total. The van der Waals surface area contributed by atoms with Gasteiger partial charge in [-0.25, -0.2) is 4.98 Å². The van der Waals surface area contributed by atoms with E-state index < -0.39 is 0 Å². The molecule has 1 saturated heterocycles. The third-order valence-corrected chi connectivity index (χ3v) is 4.80. The van der Waals surface area contributed by atoms with Crippen LogP contribution in [0.1, 0.15) is 26.2 Å². The molecule has 3 aromatic rings. The molecular weight excluding hydrogens is 290 g/mol. The number of nitrogens with two attached hydrogens (primary N) is 1. The molecule has 1 fully saturated rings. The zero-order chi connectivity index (χ0) is 16.0. The van der Waals surface area contributed by atoms with Crippen LogP contribution < -0.4 is 10.6 Å². The van der Waals surface area contributed by atoms with Gasteiger partial charge in [0.25, 0.3) is 0 Å². The Balaban J connectivity index is 1.99. The van der Waals surface area contributed by atoms with E-state index in [1.54, 1.807) is 0 Å². The second kappa shape index (κ2) is 5.22. The van der Waals surface area contributed by atoms with Crippen LogP contribution in [-0.2, 0) is 4.79 Å². The summed E-state index contributed by atoms with van der Waals surface area (Å²) in [4.78, 5) is 26.1. The van der Waals surface area contributed by atoms with Crippen molar-refractivity contribution < 1.29 is 4.79 Å². The minimum absolute atomic E-state index is 0.246. The van der Waals surface area contributed by atoms with Gasteiger partial charge in [-0.15, -0.1) is 0 Å². The first-order valence-electron chi connectivity index (χ1n) is 7.94. The van der Waals surface area contributed by atoms with Crippen molar-refractivity contribution in [3.8, 4) is 0 Å². The summed E-state index contributed by atoms with van der Waals surface area (Å²) in [6, 6.07) is 1.98. The van der Waals surface area contributed by atoms with Crippen LogP contribution in [0.3, 0.4) is 0 Å². The number of carbonyl (C=O) groups excluding carboxylic acids is 1. The quantitative estimate of drug-likeness (QED) is 0.760. The summed E-state index contributed by atoms with van der Waals surface area (Å²) in [5.74, 6) is -0.270. The van der Waals surface area contributed by atoms with Crippen LogP contribution in [0.5, 0.6) is 0 Å². The molecule has 4 rings (SSSR count). The zero-order valence-electron chi connectivity index (χ0n) is 13.0. The monoisotopic (exact) mass is 309 g/mol. The Morgan fingerprint density at radius 2 is 2.22 bits per heavy atom. The number of carbonyl (C=O) groups is 1. The molecule has 0 aliphatic carbocycles. The molecule has 23 heavy (non-hydrogen) atoms. The van der Waals surface area contributed by atoms with Crippen LogP contribution in [0.15, 0.2) is 30.9 Å². The van der Waals surface area contributed by atoms with Gasteiger partial charge in [-0.2, -0.15) is 0 Å². The number of nitrogens with zero attached hydrogens (tertiary/aromatic N) is 3. The predicted octanol–water partition coefficient (Wildman–Crippen LogP) is 2.34. The lowest BCUT2D eigenvalue weighted by molar-refractivity contribution is -0.119. The Hall–Kier alpha value is -2.63.